The molecule has 0 aliphatic rings. The van der Waals surface area contributed by atoms with Gasteiger partial charge in [0, 0.05) is 17.0 Å². The van der Waals surface area contributed by atoms with Gasteiger partial charge < -0.3 is 5.32 Å². The van der Waals surface area contributed by atoms with Gasteiger partial charge in [-0.25, -0.2) is 0 Å². The fourth-order valence-corrected chi connectivity index (χ4v) is 2.38. The Balaban J connectivity index is 2.99. The summed E-state index contributed by atoms with van der Waals surface area (Å²) in [5, 5.41) is 4.30. The largest absolute Gasteiger partial charge is 0.316 e. The molecule has 0 heterocycles. The second kappa shape index (κ2) is 6.27. The zero-order valence-corrected chi connectivity index (χ0v) is 11.3. The van der Waals surface area contributed by atoms with Crippen molar-refractivity contribution in [3.05, 3.63) is 34.9 Å². The lowest BCUT2D eigenvalue weighted by Gasteiger charge is -2.32. The van der Waals surface area contributed by atoms with Crippen molar-refractivity contribution >= 4 is 11.6 Å². The van der Waals surface area contributed by atoms with Crippen LogP contribution in [0.1, 0.15) is 39.2 Å². The molecular formula is C14H22ClN. The van der Waals surface area contributed by atoms with Gasteiger partial charge in [-0.05, 0) is 37.1 Å². The molecule has 0 fully saturated rings. The maximum Gasteiger partial charge on any atom is 0.0408 e. The van der Waals surface area contributed by atoms with E-state index in [9.17, 15) is 0 Å². The van der Waals surface area contributed by atoms with Crippen molar-refractivity contribution in [2.45, 2.75) is 39.0 Å². The minimum absolute atomic E-state index is 0.223. The zero-order valence-electron chi connectivity index (χ0n) is 10.5. The average Bonchev–Trinajstić information content (AvgIpc) is 2.31. The van der Waals surface area contributed by atoms with E-state index in [4.69, 9.17) is 11.6 Å². The number of likely N-dealkylation sites (N-methyl/N-ethyl adjacent to an activating group) is 1. The van der Waals surface area contributed by atoms with E-state index in [1.165, 1.54) is 5.56 Å². The van der Waals surface area contributed by atoms with Crippen LogP contribution in [0.2, 0.25) is 5.02 Å². The van der Waals surface area contributed by atoms with Crippen LogP contribution in [0, 0.1) is 0 Å². The lowest BCUT2D eigenvalue weighted by Crippen LogP contribution is -2.37. The van der Waals surface area contributed by atoms with Gasteiger partial charge in [-0.1, -0.05) is 44.5 Å². The van der Waals surface area contributed by atoms with Crippen LogP contribution < -0.4 is 5.32 Å². The van der Waals surface area contributed by atoms with Crippen molar-refractivity contribution in [3.8, 4) is 0 Å². The molecule has 0 radical (unpaired) electrons. The molecule has 1 nitrogen and oxygen atoms in total. The van der Waals surface area contributed by atoms with Crippen molar-refractivity contribution in [1.82, 2.24) is 5.32 Å². The van der Waals surface area contributed by atoms with E-state index in [1.54, 1.807) is 0 Å². The first-order valence-electron chi connectivity index (χ1n) is 6.15. The van der Waals surface area contributed by atoms with Crippen LogP contribution in [0.3, 0.4) is 0 Å². The monoisotopic (exact) mass is 239 g/mol. The standard InChI is InChI=1S/C14H22ClN/c1-4-14(5-2,11-16-6-3)12-8-7-9-13(15)10-12/h7-10,16H,4-6,11H2,1-3H3. The molecule has 0 aromatic heterocycles. The molecule has 0 saturated carbocycles. The Morgan fingerprint density at radius 2 is 1.88 bits per heavy atom. The van der Waals surface area contributed by atoms with Gasteiger partial charge in [0.05, 0.1) is 0 Å². The summed E-state index contributed by atoms with van der Waals surface area (Å²) in [5.74, 6) is 0. The number of hydrogen-bond donors (Lipinski definition) is 1. The normalized spacial score (nSPS) is 11.8. The predicted octanol–water partition coefficient (Wildman–Crippen LogP) is 4.01. The smallest absolute Gasteiger partial charge is 0.0408 e. The first-order chi connectivity index (χ1) is 7.68. The molecule has 2 heteroatoms. The Morgan fingerprint density at radius 3 is 2.38 bits per heavy atom. The van der Waals surface area contributed by atoms with Crippen LogP contribution in [0.15, 0.2) is 24.3 Å². The number of benzene rings is 1. The van der Waals surface area contributed by atoms with Gasteiger partial charge in [-0.3, -0.25) is 0 Å². The van der Waals surface area contributed by atoms with Crippen LogP contribution >= 0.6 is 11.6 Å². The topological polar surface area (TPSA) is 12.0 Å². The van der Waals surface area contributed by atoms with E-state index in [0.717, 1.165) is 31.0 Å². The number of halogens is 1. The Morgan fingerprint density at radius 1 is 1.19 bits per heavy atom. The van der Waals surface area contributed by atoms with Crippen molar-refractivity contribution < 1.29 is 0 Å². The van der Waals surface area contributed by atoms with Gasteiger partial charge >= 0.3 is 0 Å². The predicted molar refractivity (Wildman–Crippen MR) is 72.3 cm³/mol. The van der Waals surface area contributed by atoms with Crippen molar-refractivity contribution in [3.63, 3.8) is 0 Å². The lowest BCUT2D eigenvalue weighted by atomic mass is 9.76. The van der Waals surface area contributed by atoms with Gasteiger partial charge in [0.25, 0.3) is 0 Å². The SMILES string of the molecule is CCNCC(CC)(CC)c1cccc(Cl)c1. The van der Waals surface area contributed by atoms with E-state index in [-0.39, 0.29) is 5.41 Å². The summed E-state index contributed by atoms with van der Waals surface area (Å²) in [5.41, 5.74) is 1.58. The highest BCUT2D eigenvalue weighted by molar-refractivity contribution is 6.30. The van der Waals surface area contributed by atoms with Gasteiger partial charge in [0.15, 0.2) is 0 Å². The second-order valence-electron chi connectivity index (χ2n) is 4.28. The molecule has 1 aromatic rings. The molecule has 0 bridgehead atoms. The molecule has 0 atom stereocenters. The van der Waals surface area contributed by atoms with Gasteiger partial charge in [0.2, 0.25) is 0 Å². The van der Waals surface area contributed by atoms with Crippen molar-refractivity contribution in [2.75, 3.05) is 13.1 Å². The summed E-state index contributed by atoms with van der Waals surface area (Å²) in [7, 11) is 0. The van der Waals surface area contributed by atoms with Crippen LogP contribution in [-0.4, -0.2) is 13.1 Å². The molecule has 0 spiro atoms. The third kappa shape index (κ3) is 2.99. The molecule has 0 saturated heterocycles. The maximum atomic E-state index is 6.08. The Hall–Kier alpha value is -0.530. The summed E-state index contributed by atoms with van der Waals surface area (Å²) in [6, 6.07) is 8.28. The number of rotatable bonds is 6. The van der Waals surface area contributed by atoms with Gasteiger partial charge in [-0.15, -0.1) is 0 Å². The van der Waals surface area contributed by atoms with Gasteiger partial charge in [0.1, 0.15) is 0 Å². The first kappa shape index (κ1) is 13.5. The highest BCUT2D eigenvalue weighted by atomic mass is 35.5. The summed E-state index contributed by atoms with van der Waals surface area (Å²) in [4.78, 5) is 0. The summed E-state index contributed by atoms with van der Waals surface area (Å²) in [6.07, 6.45) is 2.27. The molecular weight excluding hydrogens is 218 g/mol. The Bertz CT molecular complexity index is 318. The van der Waals surface area contributed by atoms with Crippen LogP contribution in [0.25, 0.3) is 0 Å². The van der Waals surface area contributed by atoms with Crippen LogP contribution in [0.5, 0.6) is 0 Å². The molecule has 0 unspecified atom stereocenters. The second-order valence-corrected chi connectivity index (χ2v) is 4.71. The fourth-order valence-electron chi connectivity index (χ4n) is 2.19. The Kier molecular flexibility index (Phi) is 5.30. The van der Waals surface area contributed by atoms with Crippen molar-refractivity contribution in [1.29, 1.82) is 0 Å². The van der Waals surface area contributed by atoms with Crippen LogP contribution in [-0.2, 0) is 5.41 Å². The third-order valence-corrected chi connectivity index (χ3v) is 3.74. The minimum atomic E-state index is 0.223. The quantitative estimate of drug-likeness (QED) is 0.791. The summed E-state index contributed by atoms with van der Waals surface area (Å²) in [6.45, 7) is 8.69. The van der Waals surface area contributed by atoms with Crippen molar-refractivity contribution in [2.24, 2.45) is 0 Å². The molecule has 1 aromatic carbocycles. The molecule has 1 N–H and O–H groups in total. The average molecular weight is 240 g/mol. The van der Waals surface area contributed by atoms with Gasteiger partial charge in [-0.2, -0.15) is 0 Å². The molecule has 0 aliphatic heterocycles. The molecule has 16 heavy (non-hydrogen) atoms. The fraction of sp³-hybridized carbons (Fsp3) is 0.571. The zero-order chi connectivity index (χ0) is 12.0. The summed E-state index contributed by atoms with van der Waals surface area (Å²) >= 11 is 6.08. The molecule has 0 aliphatic carbocycles. The van der Waals surface area contributed by atoms with E-state index < -0.39 is 0 Å². The Labute approximate surface area is 104 Å². The molecule has 1 rings (SSSR count). The highest BCUT2D eigenvalue weighted by Gasteiger charge is 2.27. The molecule has 0 amide bonds. The number of nitrogens with one attached hydrogen (secondary N) is 1. The molecule has 90 valence electrons. The summed E-state index contributed by atoms with van der Waals surface area (Å²) < 4.78 is 0. The third-order valence-electron chi connectivity index (χ3n) is 3.50. The van der Waals surface area contributed by atoms with E-state index in [0.29, 0.717) is 0 Å². The number of hydrogen-bond acceptors (Lipinski definition) is 1. The van der Waals surface area contributed by atoms with Crippen LogP contribution in [0.4, 0.5) is 0 Å². The van der Waals surface area contributed by atoms with E-state index in [2.05, 4.69) is 38.2 Å². The first-order valence-corrected chi connectivity index (χ1v) is 6.53. The lowest BCUT2D eigenvalue weighted by molar-refractivity contribution is 0.372. The minimum Gasteiger partial charge on any atom is -0.316 e. The van der Waals surface area contributed by atoms with E-state index in [1.807, 2.05) is 12.1 Å². The maximum absolute atomic E-state index is 6.08. The highest BCUT2D eigenvalue weighted by Crippen LogP contribution is 2.32. The van der Waals surface area contributed by atoms with E-state index >= 15 is 0 Å².